The maximum atomic E-state index is 13.6. The van der Waals surface area contributed by atoms with Gasteiger partial charge in [0, 0.05) is 19.7 Å². The Morgan fingerprint density at radius 3 is 2.41 bits per heavy atom. The minimum Gasteiger partial charge on any atom is -0.406 e. The summed E-state index contributed by atoms with van der Waals surface area (Å²) in [5, 5.41) is 3.53. The highest BCUT2D eigenvalue weighted by atomic mass is 19.4. The van der Waals surface area contributed by atoms with E-state index in [0.717, 1.165) is 16.5 Å². The highest BCUT2D eigenvalue weighted by Gasteiger charge is 2.40. The number of benzene rings is 2. The van der Waals surface area contributed by atoms with Gasteiger partial charge in [-0.2, -0.15) is 18.3 Å². The Bertz CT molecular complexity index is 1020. The number of halogens is 5. The maximum Gasteiger partial charge on any atom is 0.437 e. The van der Waals surface area contributed by atoms with Gasteiger partial charge in [0.05, 0.1) is 11.9 Å². The fraction of sp³-hybridized carbons (Fsp3) is 0.158. The van der Waals surface area contributed by atoms with Gasteiger partial charge in [-0.05, 0) is 17.7 Å². The minimum absolute atomic E-state index is 0.109. The van der Waals surface area contributed by atoms with Crippen LogP contribution < -0.4 is 4.74 Å². The summed E-state index contributed by atoms with van der Waals surface area (Å²) in [6, 6.07) is 10.9. The monoisotopic (exact) mass is 411 g/mol. The molecule has 0 fully saturated rings. The van der Waals surface area contributed by atoms with Crippen LogP contribution in [0.2, 0.25) is 0 Å². The van der Waals surface area contributed by atoms with Crippen molar-refractivity contribution in [2.45, 2.75) is 12.7 Å². The zero-order valence-electron chi connectivity index (χ0n) is 15.0. The fourth-order valence-electron chi connectivity index (χ4n) is 2.57. The summed E-state index contributed by atoms with van der Waals surface area (Å²) in [5.41, 5.74) is -1.05. The normalized spacial score (nSPS) is 11.4. The zero-order chi connectivity index (χ0) is 21.2. The van der Waals surface area contributed by atoms with E-state index >= 15 is 0 Å². The van der Waals surface area contributed by atoms with Gasteiger partial charge in [0.2, 0.25) is 0 Å². The van der Waals surface area contributed by atoms with Gasteiger partial charge in [-0.25, -0.2) is 18.3 Å². The molecule has 0 atom stereocenters. The van der Waals surface area contributed by atoms with Gasteiger partial charge >= 0.3 is 12.3 Å². The van der Waals surface area contributed by atoms with Gasteiger partial charge < -0.3 is 9.64 Å². The van der Waals surface area contributed by atoms with Crippen molar-refractivity contribution in [3.05, 3.63) is 77.6 Å². The molecule has 0 saturated carbocycles. The molecule has 0 N–H and O–H groups in total. The predicted octanol–water partition coefficient (Wildman–Crippen LogP) is 4.80. The maximum absolute atomic E-state index is 13.6. The van der Waals surface area contributed by atoms with Crippen LogP contribution in [-0.4, -0.2) is 27.8 Å². The number of hydrogen-bond donors (Lipinski definition) is 0. The first kappa shape index (κ1) is 20.3. The Labute approximate surface area is 161 Å². The van der Waals surface area contributed by atoms with Crippen molar-refractivity contribution >= 4 is 6.09 Å². The van der Waals surface area contributed by atoms with Crippen molar-refractivity contribution in [1.82, 2.24) is 14.7 Å². The molecule has 0 unspecified atom stereocenters. The quantitative estimate of drug-likeness (QED) is 0.580. The molecular weight excluding hydrogens is 397 g/mol. The number of nitrogens with zero attached hydrogens (tertiary/aromatic N) is 3. The second-order valence-corrected chi connectivity index (χ2v) is 6.08. The number of carbonyl (C=O) groups is 1. The number of carbonyl (C=O) groups excluding carboxylic acids is 1. The van der Waals surface area contributed by atoms with Crippen LogP contribution in [-0.2, 0) is 12.7 Å². The summed E-state index contributed by atoms with van der Waals surface area (Å²) in [6.07, 6.45) is -5.32. The Kier molecular flexibility index (Phi) is 5.53. The van der Waals surface area contributed by atoms with E-state index in [0.29, 0.717) is 23.0 Å². The van der Waals surface area contributed by atoms with Crippen LogP contribution in [0.4, 0.5) is 26.7 Å². The number of alkyl halides is 3. The Balaban J connectivity index is 1.88. The van der Waals surface area contributed by atoms with Gasteiger partial charge in [0.1, 0.15) is 0 Å². The molecule has 0 aliphatic carbocycles. The SMILES string of the molecule is CN(Cc1ccccc1)C(=O)Oc1cnn(-c2ccc(F)c(F)c2)c1C(F)(F)F. The fourth-order valence-corrected chi connectivity index (χ4v) is 2.57. The lowest BCUT2D eigenvalue weighted by Gasteiger charge is -2.18. The standard InChI is InChI=1S/C19H14F5N3O2/c1-26(11-12-5-3-2-4-6-12)18(28)29-16-10-25-27(17(16)19(22,23)24)13-7-8-14(20)15(21)9-13/h2-10H,11H2,1H3. The molecular formula is C19H14F5N3O2. The second kappa shape index (κ2) is 7.90. The van der Waals surface area contributed by atoms with Crippen molar-refractivity contribution in [2.75, 3.05) is 7.05 Å². The zero-order valence-corrected chi connectivity index (χ0v) is 15.0. The number of aromatic nitrogens is 2. The molecule has 3 aromatic rings. The average molecular weight is 411 g/mol. The average Bonchev–Trinajstić information content (AvgIpc) is 3.08. The lowest BCUT2D eigenvalue weighted by Crippen LogP contribution is -2.29. The van der Waals surface area contributed by atoms with Gasteiger partial charge in [-0.15, -0.1) is 0 Å². The van der Waals surface area contributed by atoms with E-state index in [1.165, 1.54) is 7.05 Å². The first-order chi connectivity index (χ1) is 13.7. The molecule has 152 valence electrons. The summed E-state index contributed by atoms with van der Waals surface area (Å²) in [6.45, 7) is 0.109. The topological polar surface area (TPSA) is 47.4 Å². The van der Waals surface area contributed by atoms with Crippen molar-refractivity contribution in [3.63, 3.8) is 0 Å². The molecule has 0 bridgehead atoms. The Morgan fingerprint density at radius 1 is 1.10 bits per heavy atom. The summed E-state index contributed by atoms with van der Waals surface area (Å²) in [5.74, 6) is -3.41. The van der Waals surface area contributed by atoms with E-state index < -0.39 is 35.3 Å². The molecule has 1 aromatic heterocycles. The van der Waals surface area contributed by atoms with E-state index in [2.05, 4.69) is 5.10 Å². The number of ether oxygens (including phenoxy) is 1. The molecule has 10 heteroatoms. The number of amides is 1. The highest BCUT2D eigenvalue weighted by Crippen LogP contribution is 2.38. The van der Waals surface area contributed by atoms with Crippen molar-refractivity contribution in [3.8, 4) is 11.4 Å². The summed E-state index contributed by atoms with van der Waals surface area (Å²) < 4.78 is 72.5. The van der Waals surface area contributed by atoms with E-state index in [9.17, 15) is 26.7 Å². The van der Waals surface area contributed by atoms with E-state index in [1.54, 1.807) is 30.3 Å². The highest BCUT2D eigenvalue weighted by molar-refractivity contribution is 5.70. The second-order valence-electron chi connectivity index (χ2n) is 6.08. The lowest BCUT2D eigenvalue weighted by atomic mass is 10.2. The molecule has 0 radical (unpaired) electrons. The van der Waals surface area contributed by atoms with Crippen LogP contribution in [0.3, 0.4) is 0 Å². The van der Waals surface area contributed by atoms with E-state index in [1.807, 2.05) is 0 Å². The molecule has 0 spiro atoms. The van der Waals surface area contributed by atoms with Crippen LogP contribution in [0.1, 0.15) is 11.3 Å². The summed E-state index contributed by atoms with van der Waals surface area (Å²) in [7, 11) is 1.36. The molecule has 0 aliphatic heterocycles. The first-order valence-electron chi connectivity index (χ1n) is 8.24. The third-order valence-electron chi connectivity index (χ3n) is 3.92. The molecule has 0 aliphatic rings. The van der Waals surface area contributed by atoms with E-state index in [4.69, 9.17) is 4.74 Å². The van der Waals surface area contributed by atoms with Crippen LogP contribution in [0, 0.1) is 11.6 Å². The van der Waals surface area contributed by atoms with Gasteiger partial charge in [0.15, 0.2) is 23.1 Å². The number of rotatable bonds is 4. The van der Waals surface area contributed by atoms with Crippen LogP contribution in [0.25, 0.3) is 5.69 Å². The first-order valence-corrected chi connectivity index (χ1v) is 8.24. The lowest BCUT2D eigenvalue weighted by molar-refractivity contribution is -0.143. The van der Waals surface area contributed by atoms with Crippen LogP contribution in [0.15, 0.2) is 54.7 Å². The van der Waals surface area contributed by atoms with Crippen LogP contribution in [0.5, 0.6) is 5.75 Å². The molecule has 1 heterocycles. The van der Waals surface area contributed by atoms with Gasteiger partial charge in [-0.1, -0.05) is 30.3 Å². The smallest absolute Gasteiger partial charge is 0.406 e. The van der Waals surface area contributed by atoms with Crippen molar-refractivity contribution < 1.29 is 31.5 Å². The van der Waals surface area contributed by atoms with Crippen molar-refractivity contribution in [2.24, 2.45) is 0 Å². The van der Waals surface area contributed by atoms with Gasteiger partial charge in [-0.3, -0.25) is 0 Å². The third-order valence-corrected chi connectivity index (χ3v) is 3.92. The molecule has 29 heavy (non-hydrogen) atoms. The Morgan fingerprint density at radius 2 is 1.79 bits per heavy atom. The molecule has 2 aromatic carbocycles. The molecule has 5 nitrogen and oxygen atoms in total. The van der Waals surface area contributed by atoms with E-state index in [-0.39, 0.29) is 12.2 Å². The number of hydrogen-bond acceptors (Lipinski definition) is 3. The largest absolute Gasteiger partial charge is 0.437 e. The molecule has 0 saturated heterocycles. The van der Waals surface area contributed by atoms with Crippen molar-refractivity contribution in [1.29, 1.82) is 0 Å². The summed E-state index contributed by atoms with van der Waals surface area (Å²) in [4.78, 5) is 13.3. The third kappa shape index (κ3) is 4.53. The Hall–Kier alpha value is -3.43. The minimum atomic E-state index is -4.98. The van der Waals surface area contributed by atoms with Crippen LogP contribution >= 0.6 is 0 Å². The summed E-state index contributed by atoms with van der Waals surface area (Å²) >= 11 is 0. The molecule has 1 amide bonds. The van der Waals surface area contributed by atoms with Gasteiger partial charge in [0.25, 0.3) is 0 Å². The predicted molar refractivity (Wildman–Crippen MR) is 92.4 cm³/mol. The molecule has 3 rings (SSSR count).